The standard InChI is InChI=1S/C25H35N5O5S/c1-35-20-7-8-23-22(17-20)21(10-14-26-23)24(31)27-13-9-18-11-15-30(16-12-18)36(33,34)29-25(32)28-19-5-3-2-4-6-19/h7-8,10,14,17-19H,2-6,9,11-13,15-16H2,1H3,(H,27,31)(H2,28,29,32). The quantitative estimate of drug-likeness (QED) is 0.494. The van der Waals surface area contributed by atoms with E-state index in [1.165, 1.54) is 4.31 Å². The molecule has 196 valence electrons. The van der Waals surface area contributed by atoms with Crippen LogP contribution in [0.15, 0.2) is 30.5 Å². The van der Waals surface area contributed by atoms with Gasteiger partial charge in [0.15, 0.2) is 0 Å². The molecule has 1 saturated heterocycles. The van der Waals surface area contributed by atoms with Crippen LogP contribution in [0.5, 0.6) is 5.75 Å². The molecule has 1 aliphatic carbocycles. The molecule has 2 aromatic rings. The van der Waals surface area contributed by atoms with Crippen LogP contribution in [-0.2, 0) is 10.2 Å². The van der Waals surface area contributed by atoms with Crippen molar-refractivity contribution in [3.05, 3.63) is 36.0 Å². The third-order valence-electron chi connectivity index (χ3n) is 7.11. The second-order valence-electron chi connectivity index (χ2n) is 9.54. The molecule has 3 N–H and O–H groups in total. The molecule has 10 nitrogen and oxygen atoms in total. The van der Waals surface area contributed by atoms with Crippen LogP contribution < -0.4 is 20.1 Å². The Hall–Kier alpha value is -2.92. The molecule has 2 fully saturated rings. The van der Waals surface area contributed by atoms with E-state index in [1.807, 2.05) is 12.1 Å². The van der Waals surface area contributed by atoms with E-state index >= 15 is 0 Å². The van der Waals surface area contributed by atoms with Gasteiger partial charge in [-0.3, -0.25) is 9.78 Å². The highest BCUT2D eigenvalue weighted by Gasteiger charge is 2.30. The van der Waals surface area contributed by atoms with Crippen molar-refractivity contribution >= 4 is 33.1 Å². The number of rotatable bonds is 8. The van der Waals surface area contributed by atoms with Gasteiger partial charge >= 0.3 is 16.2 Å². The summed E-state index contributed by atoms with van der Waals surface area (Å²) in [7, 11) is -2.29. The molecular weight excluding hydrogens is 482 g/mol. The van der Waals surface area contributed by atoms with Gasteiger partial charge in [-0.1, -0.05) is 19.3 Å². The van der Waals surface area contributed by atoms with E-state index in [-0.39, 0.29) is 11.9 Å². The zero-order chi connectivity index (χ0) is 25.5. The van der Waals surface area contributed by atoms with E-state index in [2.05, 4.69) is 20.3 Å². The van der Waals surface area contributed by atoms with Crippen molar-refractivity contribution in [3.8, 4) is 5.75 Å². The molecule has 3 amide bonds. The molecule has 11 heteroatoms. The number of urea groups is 1. The fourth-order valence-electron chi connectivity index (χ4n) is 5.02. The van der Waals surface area contributed by atoms with Crippen LogP contribution in [-0.4, -0.2) is 62.4 Å². The van der Waals surface area contributed by atoms with Gasteiger partial charge in [-0.05, 0) is 62.3 Å². The van der Waals surface area contributed by atoms with Crippen molar-refractivity contribution in [1.29, 1.82) is 0 Å². The monoisotopic (exact) mass is 517 g/mol. The zero-order valence-electron chi connectivity index (χ0n) is 20.7. The second-order valence-corrected chi connectivity index (χ2v) is 11.2. The number of ether oxygens (including phenoxy) is 1. The van der Waals surface area contributed by atoms with Gasteiger partial charge in [0.05, 0.1) is 18.2 Å². The van der Waals surface area contributed by atoms with Crippen molar-refractivity contribution < 1.29 is 22.7 Å². The highest BCUT2D eigenvalue weighted by atomic mass is 32.2. The summed E-state index contributed by atoms with van der Waals surface area (Å²) in [6.07, 6.45) is 8.77. The lowest BCUT2D eigenvalue weighted by Gasteiger charge is -2.31. The fourth-order valence-corrected chi connectivity index (χ4v) is 6.13. The maximum Gasteiger partial charge on any atom is 0.329 e. The minimum atomic E-state index is -3.87. The molecule has 0 unspecified atom stereocenters. The summed E-state index contributed by atoms with van der Waals surface area (Å²) in [6, 6.07) is 6.52. The topological polar surface area (TPSA) is 130 Å². The highest BCUT2D eigenvalue weighted by Crippen LogP contribution is 2.24. The first-order chi connectivity index (χ1) is 17.4. The summed E-state index contributed by atoms with van der Waals surface area (Å²) in [6.45, 7) is 1.19. The number of nitrogens with one attached hydrogen (secondary N) is 3. The molecule has 1 aromatic carbocycles. The lowest BCUT2D eigenvalue weighted by atomic mass is 9.94. The number of benzene rings is 1. The summed E-state index contributed by atoms with van der Waals surface area (Å²) in [5.41, 5.74) is 1.26. The molecule has 1 aromatic heterocycles. The van der Waals surface area contributed by atoms with Gasteiger partial charge in [-0.15, -0.1) is 0 Å². The fraction of sp³-hybridized carbons (Fsp3) is 0.560. The molecule has 2 aliphatic rings. The molecule has 1 saturated carbocycles. The van der Waals surface area contributed by atoms with Gasteiger partial charge < -0.3 is 15.4 Å². The Morgan fingerprint density at radius 1 is 1.08 bits per heavy atom. The van der Waals surface area contributed by atoms with E-state index in [9.17, 15) is 18.0 Å². The van der Waals surface area contributed by atoms with E-state index in [0.717, 1.165) is 49.4 Å². The molecule has 36 heavy (non-hydrogen) atoms. The Morgan fingerprint density at radius 2 is 1.83 bits per heavy atom. The number of amides is 3. The molecular formula is C25H35N5O5S. The lowest BCUT2D eigenvalue weighted by Crippen LogP contribution is -2.51. The molecule has 2 heterocycles. The minimum absolute atomic E-state index is 0.0436. The summed E-state index contributed by atoms with van der Waals surface area (Å²) < 4.78 is 34.0. The summed E-state index contributed by atoms with van der Waals surface area (Å²) in [4.78, 5) is 29.3. The summed E-state index contributed by atoms with van der Waals surface area (Å²) >= 11 is 0. The molecule has 4 rings (SSSR count). The molecule has 0 atom stereocenters. The molecule has 0 spiro atoms. The molecule has 1 aliphatic heterocycles. The van der Waals surface area contributed by atoms with Gasteiger partial charge in [0.1, 0.15) is 5.75 Å². The third kappa shape index (κ3) is 6.64. The number of piperidine rings is 1. The van der Waals surface area contributed by atoms with E-state index in [1.54, 1.807) is 25.4 Å². The molecule has 0 bridgehead atoms. The number of hydrogen-bond acceptors (Lipinski definition) is 6. The number of hydrogen-bond donors (Lipinski definition) is 3. The summed E-state index contributed by atoms with van der Waals surface area (Å²) in [5, 5.41) is 6.49. The Labute approximate surface area is 212 Å². The number of pyridine rings is 1. The zero-order valence-corrected chi connectivity index (χ0v) is 21.5. The first kappa shape index (κ1) is 26.2. The lowest BCUT2D eigenvalue weighted by molar-refractivity contribution is 0.0951. The average Bonchev–Trinajstić information content (AvgIpc) is 2.88. The van der Waals surface area contributed by atoms with E-state index in [0.29, 0.717) is 49.7 Å². The Kier molecular flexibility index (Phi) is 8.63. The first-order valence-electron chi connectivity index (χ1n) is 12.6. The Balaban J connectivity index is 1.22. The van der Waals surface area contributed by atoms with Gasteiger partial charge in [0.2, 0.25) is 0 Å². The van der Waals surface area contributed by atoms with Crippen LogP contribution in [0.3, 0.4) is 0 Å². The third-order valence-corrected chi connectivity index (χ3v) is 8.60. The second kappa shape index (κ2) is 11.9. The van der Waals surface area contributed by atoms with Crippen LogP contribution in [0.1, 0.15) is 61.7 Å². The first-order valence-corrected chi connectivity index (χ1v) is 14.1. The van der Waals surface area contributed by atoms with E-state index < -0.39 is 16.2 Å². The average molecular weight is 518 g/mol. The number of nitrogens with zero attached hydrogens (tertiary/aromatic N) is 2. The maximum absolute atomic E-state index is 12.8. The smallest absolute Gasteiger partial charge is 0.329 e. The largest absolute Gasteiger partial charge is 0.497 e. The number of carbonyl (C=O) groups is 2. The van der Waals surface area contributed by atoms with Crippen LogP contribution in [0, 0.1) is 5.92 Å². The summed E-state index contributed by atoms with van der Waals surface area (Å²) in [5.74, 6) is 0.776. The van der Waals surface area contributed by atoms with Gasteiger partial charge in [-0.2, -0.15) is 12.7 Å². The number of methoxy groups -OCH3 is 1. The predicted molar refractivity (Wildman–Crippen MR) is 137 cm³/mol. The minimum Gasteiger partial charge on any atom is -0.497 e. The molecule has 0 radical (unpaired) electrons. The number of aromatic nitrogens is 1. The number of carbonyl (C=O) groups excluding carboxylic acids is 2. The van der Waals surface area contributed by atoms with Gasteiger partial charge in [-0.25, -0.2) is 9.52 Å². The maximum atomic E-state index is 12.8. The van der Waals surface area contributed by atoms with Crippen molar-refractivity contribution in [3.63, 3.8) is 0 Å². The van der Waals surface area contributed by atoms with Crippen LogP contribution >= 0.6 is 0 Å². The highest BCUT2D eigenvalue weighted by molar-refractivity contribution is 7.87. The van der Waals surface area contributed by atoms with Crippen molar-refractivity contribution in [2.75, 3.05) is 26.7 Å². The van der Waals surface area contributed by atoms with Crippen molar-refractivity contribution in [1.82, 2.24) is 24.6 Å². The van der Waals surface area contributed by atoms with Gasteiger partial charge in [0.25, 0.3) is 5.91 Å². The van der Waals surface area contributed by atoms with Crippen LogP contribution in [0.25, 0.3) is 10.9 Å². The predicted octanol–water partition coefficient (Wildman–Crippen LogP) is 2.95. The van der Waals surface area contributed by atoms with Gasteiger partial charge in [0, 0.05) is 37.3 Å². The van der Waals surface area contributed by atoms with Crippen molar-refractivity contribution in [2.24, 2.45) is 5.92 Å². The number of fused-ring (bicyclic) bond motifs is 1. The van der Waals surface area contributed by atoms with Crippen molar-refractivity contribution in [2.45, 2.75) is 57.4 Å². The Bertz CT molecular complexity index is 1170. The SMILES string of the molecule is COc1ccc2nccc(C(=O)NCCC3CCN(S(=O)(=O)NC(=O)NC4CCCCC4)CC3)c2c1. The van der Waals surface area contributed by atoms with Crippen LogP contribution in [0.4, 0.5) is 4.79 Å². The van der Waals surface area contributed by atoms with Crippen LogP contribution in [0.2, 0.25) is 0 Å². The van der Waals surface area contributed by atoms with E-state index in [4.69, 9.17) is 4.74 Å². The normalized spacial score (nSPS) is 18.0. The Morgan fingerprint density at radius 3 is 2.56 bits per heavy atom.